The van der Waals surface area contributed by atoms with Crippen LogP contribution in [0.3, 0.4) is 0 Å². The second-order valence-electron chi connectivity index (χ2n) is 7.07. The molecule has 6 nitrogen and oxygen atoms in total. The normalized spacial score (nSPS) is 25.7. The van der Waals surface area contributed by atoms with Gasteiger partial charge in [0.05, 0.1) is 18.7 Å². The van der Waals surface area contributed by atoms with Crippen molar-refractivity contribution in [3.05, 3.63) is 18.0 Å². The molecule has 0 aliphatic carbocycles. The van der Waals surface area contributed by atoms with Crippen LogP contribution in [0.5, 0.6) is 0 Å². The predicted molar refractivity (Wildman–Crippen MR) is 100 cm³/mol. The molecule has 1 amide bonds. The van der Waals surface area contributed by atoms with Crippen molar-refractivity contribution >= 4 is 30.7 Å². The van der Waals surface area contributed by atoms with Gasteiger partial charge in [0.15, 0.2) is 0 Å². The first kappa shape index (κ1) is 24.0. The fraction of sp³-hybridized carbons (Fsp3) is 0.750. The minimum absolute atomic E-state index is 0. The van der Waals surface area contributed by atoms with Gasteiger partial charge in [-0.05, 0) is 24.4 Å². The summed E-state index contributed by atoms with van der Waals surface area (Å²) in [6, 6.07) is 0. The quantitative estimate of drug-likeness (QED) is 0.742. The molecule has 156 valence electrons. The largest absolute Gasteiger partial charge is 0.401 e. The summed E-state index contributed by atoms with van der Waals surface area (Å²) in [7, 11) is 1.84. The highest BCUT2D eigenvalue weighted by Crippen LogP contribution is 2.28. The highest BCUT2D eigenvalue weighted by Gasteiger charge is 2.36. The third kappa shape index (κ3) is 6.51. The van der Waals surface area contributed by atoms with Crippen molar-refractivity contribution in [2.75, 3.05) is 39.3 Å². The molecule has 3 atom stereocenters. The molecule has 2 fully saturated rings. The molecule has 2 saturated heterocycles. The molecule has 0 saturated carbocycles. The van der Waals surface area contributed by atoms with Crippen LogP contribution in [0.25, 0.3) is 0 Å². The molecule has 3 rings (SSSR count). The smallest absolute Gasteiger partial charge is 0.355 e. The van der Waals surface area contributed by atoms with E-state index in [9.17, 15) is 18.0 Å². The van der Waals surface area contributed by atoms with Gasteiger partial charge in [0.25, 0.3) is 0 Å². The van der Waals surface area contributed by atoms with Gasteiger partial charge >= 0.3 is 6.18 Å². The summed E-state index contributed by atoms with van der Waals surface area (Å²) in [5, 5.41) is 10.3. The topological polar surface area (TPSA) is 62.2 Å². The molecule has 1 unspecified atom stereocenters. The Kier molecular flexibility index (Phi) is 8.85. The number of rotatable bonds is 5. The van der Waals surface area contributed by atoms with Crippen LogP contribution >= 0.6 is 24.8 Å². The number of carbonyl (C=O) groups is 1. The molecule has 0 bridgehead atoms. The molecular weight excluding hydrogens is 406 g/mol. The van der Waals surface area contributed by atoms with Crippen molar-refractivity contribution in [3.8, 4) is 0 Å². The van der Waals surface area contributed by atoms with Crippen LogP contribution in [0.4, 0.5) is 13.2 Å². The monoisotopic (exact) mass is 431 g/mol. The highest BCUT2D eigenvalue weighted by molar-refractivity contribution is 5.85. The maximum Gasteiger partial charge on any atom is 0.401 e. The van der Waals surface area contributed by atoms with Crippen molar-refractivity contribution in [1.29, 1.82) is 0 Å². The number of amides is 1. The Morgan fingerprint density at radius 2 is 2.11 bits per heavy atom. The van der Waals surface area contributed by atoms with Crippen LogP contribution in [0.1, 0.15) is 17.9 Å². The molecule has 0 aromatic carbocycles. The summed E-state index contributed by atoms with van der Waals surface area (Å²) < 4.78 is 39.0. The highest BCUT2D eigenvalue weighted by atomic mass is 35.5. The zero-order valence-corrected chi connectivity index (χ0v) is 16.7. The van der Waals surface area contributed by atoms with Gasteiger partial charge in [-0.15, -0.1) is 24.8 Å². The molecule has 11 heteroatoms. The van der Waals surface area contributed by atoms with Crippen LogP contribution in [-0.4, -0.2) is 66.0 Å². The number of carbonyl (C=O) groups excluding carboxylic acids is 1. The molecule has 0 radical (unpaired) electrons. The average Bonchev–Trinajstić information content (AvgIpc) is 3.23. The Labute approximate surface area is 169 Å². The third-order valence-electron chi connectivity index (χ3n) is 5.04. The average molecular weight is 432 g/mol. The second kappa shape index (κ2) is 9.95. The van der Waals surface area contributed by atoms with Crippen molar-refractivity contribution in [2.45, 2.75) is 18.5 Å². The number of alkyl halides is 3. The molecule has 2 aliphatic heterocycles. The minimum Gasteiger partial charge on any atom is -0.355 e. The summed E-state index contributed by atoms with van der Waals surface area (Å²) in [5.74, 6) is -0.0403. The van der Waals surface area contributed by atoms with Crippen LogP contribution < -0.4 is 10.6 Å². The first-order chi connectivity index (χ1) is 11.8. The number of nitrogens with zero attached hydrogens (tertiary/aromatic N) is 3. The lowest BCUT2D eigenvalue weighted by Crippen LogP contribution is -2.38. The van der Waals surface area contributed by atoms with E-state index in [1.165, 1.54) is 4.90 Å². The standard InChI is InChI=1S/C16H24F3N5O.2ClH/c1-23-9-12(5-22-23)13-6-20-7-14(13)15(25)21-4-11-2-3-24(8-11)10-16(17,18)19;;/h5,9,11,13-14,20H,2-4,6-8,10H2,1H3,(H,21,25);2*1H/t11?,13-,14+;;/m1../s1. The van der Waals surface area contributed by atoms with E-state index < -0.39 is 12.7 Å². The summed E-state index contributed by atoms with van der Waals surface area (Å²) in [4.78, 5) is 13.9. The third-order valence-corrected chi connectivity index (χ3v) is 5.04. The van der Waals surface area contributed by atoms with E-state index in [4.69, 9.17) is 0 Å². The first-order valence-corrected chi connectivity index (χ1v) is 8.58. The van der Waals surface area contributed by atoms with E-state index in [-0.39, 0.29) is 48.5 Å². The fourth-order valence-corrected chi connectivity index (χ4v) is 3.79. The second-order valence-corrected chi connectivity index (χ2v) is 7.07. The van der Waals surface area contributed by atoms with Gasteiger partial charge in [-0.3, -0.25) is 14.4 Å². The molecule has 3 heterocycles. The molecule has 2 N–H and O–H groups in total. The molecular formula is C16H26Cl2F3N5O. The van der Waals surface area contributed by atoms with Gasteiger partial charge in [0.1, 0.15) is 0 Å². The van der Waals surface area contributed by atoms with E-state index in [0.717, 1.165) is 12.1 Å². The molecule has 1 aromatic heterocycles. The van der Waals surface area contributed by atoms with Crippen LogP contribution in [-0.2, 0) is 11.8 Å². The summed E-state index contributed by atoms with van der Waals surface area (Å²) in [5.41, 5.74) is 1.03. The summed E-state index contributed by atoms with van der Waals surface area (Å²) in [6.07, 6.45) is 0.226. The number of halogens is 5. The van der Waals surface area contributed by atoms with E-state index in [0.29, 0.717) is 32.6 Å². The number of aromatic nitrogens is 2. The van der Waals surface area contributed by atoms with Crippen LogP contribution in [0.15, 0.2) is 12.4 Å². The minimum atomic E-state index is -4.16. The van der Waals surface area contributed by atoms with E-state index in [1.54, 1.807) is 10.9 Å². The van der Waals surface area contributed by atoms with Crippen molar-refractivity contribution in [3.63, 3.8) is 0 Å². The summed E-state index contributed by atoms with van der Waals surface area (Å²) in [6.45, 7) is 1.72. The SMILES string of the molecule is Cl.Cl.Cn1cc([C@H]2CNC[C@@H]2C(=O)NCC2CCN(CC(F)(F)F)C2)cn1. The van der Waals surface area contributed by atoms with E-state index in [1.807, 2.05) is 13.2 Å². The van der Waals surface area contributed by atoms with Gasteiger partial charge in [-0.1, -0.05) is 0 Å². The van der Waals surface area contributed by atoms with Gasteiger partial charge in [-0.2, -0.15) is 18.3 Å². The van der Waals surface area contributed by atoms with E-state index in [2.05, 4.69) is 15.7 Å². The zero-order valence-electron chi connectivity index (χ0n) is 15.0. The number of likely N-dealkylation sites (tertiary alicyclic amines) is 1. The Morgan fingerprint density at radius 3 is 2.74 bits per heavy atom. The van der Waals surface area contributed by atoms with Gasteiger partial charge < -0.3 is 10.6 Å². The lowest BCUT2D eigenvalue weighted by molar-refractivity contribution is -0.143. The maximum absolute atomic E-state index is 12.5. The molecule has 2 aliphatic rings. The Balaban J connectivity index is 0.00000182. The van der Waals surface area contributed by atoms with Gasteiger partial charge in [0.2, 0.25) is 5.91 Å². The van der Waals surface area contributed by atoms with Gasteiger partial charge in [-0.25, -0.2) is 0 Å². The van der Waals surface area contributed by atoms with E-state index >= 15 is 0 Å². The van der Waals surface area contributed by atoms with Gasteiger partial charge in [0, 0.05) is 45.3 Å². The lowest BCUT2D eigenvalue weighted by atomic mass is 9.90. The van der Waals surface area contributed by atoms with Crippen molar-refractivity contribution in [1.82, 2.24) is 25.3 Å². The number of nitrogens with one attached hydrogen (secondary N) is 2. The molecule has 0 spiro atoms. The van der Waals surface area contributed by atoms with Crippen LogP contribution in [0, 0.1) is 11.8 Å². The number of aryl methyl sites for hydroxylation is 1. The van der Waals surface area contributed by atoms with Crippen molar-refractivity contribution < 1.29 is 18.0 Å². The summed E-state index contributed by atoms with van der Waals surface area (Å²) >= 11 is 0. The predicted octanol–water partition coefficient (Wildman–Crippen LogP) is 1.57. The zero-order chi connectivity index (χ0) is 18.0. The fourth-order valence-electron chi connectivity index (χ4n) is 3.79. The maximum atomic E-state index is 12.5. The number of hydrogen-bond donors (Lipinski definition) is 2. The number of hydrogen-bond acceptors (Lipinski definition) is 4. The van der Waals surface area contributed by atoms with Crippen molar-refractivity contribution in [2.24, 2.45) is 18.9 Å². The lowest BCUT2D eigenvalue weighted by Gasteiger charge is -2.20. The molecule has 27 heavy (non-hydrogen) atoms. The van der Waals surface area contributed by atoms with Crippen LogP contribution in [0.2, 0.25) is 0 Å². The Hall–Kier alpha value is -1.03. The first-order valence-electron chi connectivity index (χ1n) is 8.58. The molecule has 1 aromatic rings. The Bertz CT molecular complexity index is 613. The Morgan fingerprint density at radius 1 is 1.37 bits per heavy atom.